The van der Waals surface area contributed by atoms with Crippen LogP contribution in [0.2, 0.25) is 0 Å². The van der Waals surface area contributed by atoms with E-state index in [1.165, 1.54) is 11.3 Å². The van der Waals surface area contributed by atoms with E-state index in [-0.39, 0.29) is 5.91 Å². The van der Waals surface area contributed by atoms with Gasteiger partial charge in [-0.05, 0) is 31.2 Å². The summed E-state index contributed by atoms with van der Waals surface area (Å²) in [6, 6.07) is 7.01. The van der Waals surface area contributed by atoms with Gasteiger partial charge in [0.15, 0.2) is 5.13 Å². The fourth-order valence-electron chi connectivity index (χ4n) is 1.77. The molecule has 0 unspecified atom stereocenters. The molecule has 0 aliphatic rings. The van der Waals surface area contributed by atoms with Crippen LogP contribution in [0.4, 0.5) is 5.13 Å². The van der Waals surface area contributed by atoms with Crippen molar-refractivity contribution in [2.24, 2.45) is 0 Å². The van der Waals surface area contributed by atoms with Crippen LogP contribution in [-0.4, -0.2) is 15.9 Å². The smallest absolute Gasteiger partial charge is 0.257 e. The van der Waals surface area contributed by atoms with Crippen LogP contribution in [0, 0.1) is 6.92 Å². The maximum atomic E-state index is 12.0. The summed E-state index contributed by atoms with van der Waals surface area (Å²) in [5.74, 6) is 0.524. The Morgan fingerprint density at radius 1 is 1.27 bits per heavy atom. The average Bonchev–Trinajstić information content (AvgIpc) is 3.17. The SMILES string of the molecule is Cc1csc(COc2ccc(C(=O)Nc3nccs3)cc2)n1. The van der Waals surface area contributed by atoms with Crippen LogP contribution in [0.5, 0.6) is 5.75 Å². The van der Waals surface area contributed by atoms with Gasteiger partial charge in [-0.25, -0.2) is 9.97 Å². The standard InChI is InChI=1S/C15H13N3O2S2/c1-10-9-22-13(17-10)8-20-12-4-2-11(3-5-12)14(19)18-15-16-6-7-21-15/h2-7,9H,8H2,1H3,(H,16,18,19). The molecule has 3 rings (SSSR count). The minimum atomic E-state index is -0.183. The third-order valence-electron chi connectivity index (χ3n) is 2.80. The maximum Gasteiger partial charge on any atom is 0.257 e. The van der Waals surface area contributed by atoms with Gasteiger partial charge in [0.2, 0.25) is 0 Å². The minimum absolute atomic E-state index is 0.183. The molecule has 0 saturated heterocycles. The first-order valence-corrected chi connectivity index (χ1v) is 8.31. The van der Waals surface area contributed by atoms with E-state index in [4.69, 9.17) is 4.74 Å². The van der Waals surface area contributed by atoms with Gasteiger partial charge in [-0.15, -0.1) is 22.7 Å². The number of amides is 1. The Hall–Kier alpha value is -2.25. The van der Waals surface area contributed by atoms with E-state index in [0.717, 1.165) is 10.7 Å². The zero-order chi connectivity index (χ0) is 15.4. The second-order valence-corrected chi connectivity index (χ2v) is 6.32. The van der Waals surface area contributed by atoms with E-state index in [1.54, 1.807) is 41.8 Å². The number of benzene rings is 1. The molecule has 2 aromatic heterocycles. The summed E-state index contributed by atoms with van der Waals surface area (Å²) in [5, 5.41) is 8.06. The predicted octanol–water partition coefficient (Wildman–Crippen LogP) is 3.74. The van der Waals surface area contributed by atoms with E-state index < -0.39 is 0 Å². The Labute approximate surface area is 135 Å². The van der Waals surface area contributed by atoms with Crippen LogP contribution in [0.15, 0.2) is 41.2 Å². The summed E-state index contributed by atoms with van der Waals surface area (Å²) in [6.07, 6.45) is 1.65. The Balaban J connectivity index is 1.58. The Morgan fingerprint density at radius 2 is 2.09 bits per heavy atom. The summed E-state index contributed by atoms with van der Waals surface area (Å²) in [5.41, 5.74) is 1.56. The molecular formula is C15H13N3O2S2. The Kier molecular flexibility index (Phi) is 4.45. The molecule has 1 aromatic carbocycles. The zero-order valence-corrected chi connectivity index (χ0v) is 13.4. The van der Waals surface area contributed by atoms with Crippen molar-refractivity contribution in [3.63, 3.8) is 0 Å². The molecule has 0 fully saturated rings. The number of nitrogens with one attached hydrogen (secondary N) is 1. The predicted molar refractivity (Wildman–Crippen MR) is 87.7 cm³/mol. The number of hydrogen-bond acceptors (Lipinski definition) is 6. The molecule has 3 aromatic rings. The molecule has 2 heterocycles. The van der Waals surface area contributed by atoms with Crippen LogP contribution in [0.3, 0.4) is 0 Å². The molecule has 22 heavy (non-hydrogen) atoms. The second kappa shape index (κ2) is 6.67. The summed E-state index contributed by atoms with van der Waals surface area (Å²) in [6.45, 7) is 2.39. The number of thiazole rings is 2. The summed E-state index contributed by atoms with van der Waals surface area (Å²) < 4.78 is 5.65. The largest absolute Gasteiger partial charge is 0.486 e. The van der Waals surface area contributed by atoms with E-state index in [9.17, 15) is 4.79 Å². The highest BCUT2D eigenvalue weighted by atomic mass is 32.1. The quantitative estimate of drug-likeness (QED) is 0.773. The van der Waals surface area contributed by atoms with E-state index in [1.807, 2.05) is 17.7 Å². The molecule has 1 N–H and O–H groups in total. The average molecular weight is 331 g/mol. The molecular weight excluding hydrogens is 318 g/mol. The molecule has 0 atom stereocenters. The van der Waals surface area contributed by atoms with Crippen LogP contribution < -0.4 is 10.1 Å². The number of carbonyl (C=O) groups excluding carboxylic acids is 1. The molecule has 0 saturated carbocycles. The molecule has 0 radical (unpaired) electrons. The molecule has 5 nitrogen and oxygen atoms in total. The van der Waals surface area contributed by atoms with Crippen LogP contribution in [0.1, 0.15) is 21.1 Å². The number of anilines is 1. The molecule has 1 amide bonds. The van der Waals surface area contributed by atoms with Crippen molar-refractivity contribution in [1.82, 2.24) is 9.97 Å². The monoisotopic (exact) mass is 331 g/mol. The van der Waals surface area contributed by atoms with Crippen LogP contribution in [0.25, 0.3) is 0 Å². The van der Waals surface area contributed by atoms with Crippen molar-refractivity contribution in [2.75, 3.05) is 5.32 Å². The lowest BCUT2D eigenvalue weighted by Gasteiger charge is -2.05. The normalized spacial score (nSPS) is 10.4. The first kappa shape index (κ1) is 14.7. The number of nitrogens with zero attached hydrogens (tertiary/aromatic N) is 2. The van der Waals surface area contributed by atoms with Crippen molar-refractivity contribution in [1.29, 1.82) is 0 Å². The Morgan fingerprint density at radius 3 is 2.73 bits per heavy atom. The van der Waals surface area contributed by atoms with Gasteiger partial charge in [-0.1, -0.05) is 0 Å². The van der Waals surface area contributed by atoms with Gasteiger partial charge in [0.05, 0.1) is 0 Å². The van der Waals surface area contributed by atoms with E-state index in [0.29, 0.717) is 23.1 Å². The maximum absolute atomic E-state index is 12.0. The van der Waals surface area contributed by atoms with Gasteiger partial charge in [-0.2, -0.15) is 0 Å². The van der Waals surface area contributed by atoms with Crippen molar-refractivity contribution in [3.05, 3.63) is 57.5 Å². The minimum Gasteiger partial charge on any atom is -0.486 e. The third kappa shape index (κ3) is 3.69. The lowest BCUT2D eigenvalue weighted by Crippen LogP contribution is -2.11. The fraction of sp³-hybridized carbons (Fsp3) is 0.133. The molecule has 0 spiro atoms. The molecule has 0 bridgehead atoms. The zero-order valence-electron chi connectivity index (χ0n) is 11.8. The lowest BCUT2D eigenvalue weighted by molar-refractivity contribution is 0.102. The van der Waals surface area contributed by atoms with E-state index in [2.05, 4.69) is 15.3 Å². The topological polar surface area (TPSA) is 64.1 Å². The fourth-order valence-corrected chi connectivity index (χ4v) is 2.98. The van der Waals surface area contributed by atoms with Crippen molar-refractivity contribution >= 4 is 33.7 Å². The summed E-state index contributed by atoms with van der Waals surface area (Å²) >= 11 is 2.96. The molecule has 112 valence electrons. The highest BCUT2D eigenvalue weighted by Crippen LogP contribution is 2.17. The first-order valence-electron chi connectivity index (χ1n) is 6.55. The highest BCUT2D eigenvalue weighted by molar-refractivity contribution is 7.13. The van der Waals surface area contributed by atoms with Gasteiger partial charge >= 0.3 is 0 Å². The van der Waals surface area contributed by atoms with Crippen molar-refractivity contribution in [3.8, 4) is 5.75 Å². The Bertz CT molecular complexity index is 751. The summed E-state index contributed by atoms with van der Waals surface area (Å²) in [4.78, 5) is 20.4. The number of hydrogen-bond donors (Lipinski definition) is 1. The van der Waals surface area contributed by atoms with Gasteiger partial charge in [0.25, 0.3) is 5.91 Å². The first-order chi connectivity index (χ1) is 10.7. The van der Waals surface area contributed by atoms with Gasteiger partial charge in [0.1, 0.15) is 17.4 Å². The van der Waals surface area contributed by atoms with Crippen LogP contribution in [-0.2, 0) is 6.61 Å². The molecule has 0 aliphatic heterocycles. The number of aromatic nitrogens is 2. The second-order valence-electron chi connectivity index (χ2n) is 4.49. The van der Waals surface area contributed by atoms with Crippen LogP contribution >= 0.6 is 22.7 Å². The third-order valence-corrected chi connectivity index (χ3v) is 4.43. The van der Waals surface area contributed by atoms with E-state index >= 15 is 0 Å². The van der Waals surface area contributed by atoms with Crippen molar-refractivity contribution < 1.29 is 9.53 Å². The molecule has 7 heteroatoms. The summed E-state index contributed by atoms with van der Waals surface area (Å²) in [7, 11) is 0. The number of carbonyl (C=O) groups is 1. The van der Waals surface area contributed by atoms with Gasteiger partial charge in [0, 0.05) is 28.2 Å². The number of rotatable bonds is 5. The lowest BCUT2D eigenvalue weighted by atomic mass is 10.2. The van der Waals surface area contributed by atoms with Gasteiger partial charge in [-0.3, -0.25) is 10.1 Å². The molecule has 0 aliphatic carbocycles. The van der Waals surface area contributed by atoms with Gasteiger partial charge < -0.3 is 4.74 Å². The van der Waals surface area contributed by atoms with Crippen molar-refractivity contribution in [2.45, 2.75) is 13.5 Å². The number of ether oxygens (including phenoxy) is 1. The number of aryl methyl sites for hydroxylation is 1. The highest BCUT2D eigenvalue weighted by Gasteiger charge is 2.08.